The smallest absolute Gasteiger partial charge is 0.417 e. The van der Waals surface area contributed by atoms with Gasteiger partial charge in [-0.15, -0.1) is 0 Å². The van der Waals surface area contributed by atoms with E-state index in [-0.39, 0.29) is 10.6 Å². The zero-order chi connectivity index (χ0) is 14.0. The summed E-state index contributed by atoms with van der Waals surface area (Å²) in [5, 5.41) is 9.19. The van der Waals surface area contributed by atoms with Gasteiger partial charge in [-0.3, -0.25) is 0 Å². The summed E-state index contributed by atoms with van der Waals surface area (Å²) in [7, 11) is 0. The molecule has 0 saturated heterocycles. The number of rotatable bonds is 2. The van der Waals surface area contributed by atoms with Crippen LogP contribution in [0.15, 0.2) is 52.3 Å². The van der Waals surface area contributed by atoms with E-state index in [0.29, 0.717) is 0 Å². The highest BCUT2D eigenvalue weighted by atomic mass is 127. The van der Waals surface area contributed by atoms with Crippen molar-refractivity contribution in [1.29, 1.82) is 0 Å². The fourth-order valence-electron chi connectivity index (χ4n) is 1.46. The molecule has 2 aromatic rings. The molecular formula is C13H8F3IOS. The standard InChI is InChI=1S/C13H8F3IOS/c14-13(15,16)11-7-9(18)3-6-12(11)19-10-4-1-8(17)2-5-10/h1-7,18H. The number of aromatic hydroxyl groups is 1. The predicted molar refractivity (Wildman–Crippen MR) is 76.4 cm³/mol. The molecule has 1 N–H and O–H groups in total. The Morgan fingerprint density at radius 2 is 1.63 bits per heavy atom. The van der Waals surface area contributed by atoms with Gasteiger partial charge in [0.2, 0.25) is 0 Å². The third-order valence-electron chi connectivity index (χ3n) is 2.31. The lowest BCUT2D eigenvalue weighted by molar-refractivity contribution is -0.139. The van der Waals surface area contributed by atoms with Gasteiger partial charge in [0.05, 0.1) is 5.56 Å². The van der Waals surface area contributed by atoms with Crippen LogP contribution in [0.25, 0.3) is 0 Å². The minimum atomic E-state index is -4.48. The number of benzene rings is 2. The molecule has 0 aromatic heterocycles. The number of phenolic OH excluding ortho intramolecular Hbond substituents is 1. The largest absolute Gasteiger partial charge is 0.508 e. The zero-order valence-electron chi connectivity index (χ0n) is 9.41. The van der Waals surface area contributed by atoms with E-state index in [4.69, 9.17) is 0 Å². The second-order valence-electron chi connectivity index (χ2n) is 3.73. The molecule has 2 aromatic carbocycles. The van der Waals surface area contributed by atoms with E-state index in [1.165, 1.54) is 12.1 Å². The van der Waals surface area contributed by atoms with Gasteiger partial charge in [0.25, 0.3) is 0 Å². The van der Waals surface area contributed by atoms with Crippen LogP contribution in [-0.2, 0) is 6.18 Å². The van der Waals surface area contributed by atoms with Crippen molar-refractivity contribution in [2.75, 3.05) is 0 Å². The molecule has 0 saturated carbocycles. The fourth-order valence-corrected chi connectivity index (χ4v) is 2.76. The lowest BCUT2D eigenvalue weighted by atomic mass is 10.2. The lowest BCUT2D eigenvalue weighted by Gasteiger charge is -2.12. The van der Waals surface area contributed by atoms with Crippen molar-refractivity contribution >= 4 is 34.4 Å². The number of hydrogen-bond donors (Lipinski definition) is 1. The Kier molecular flexibility index (Phi) is 4.29. The molecule has 0 bridgehead atoms. The Hall–Kier alpha value is -0.890. The molecule has 0 fully saturated rings. The molecule has 1 nitrogen and oxygen atoms in total. The Morgan fingerprint density at radius 3 is 2.21 bits per heavy atom. The van der Waals surface area contributed by atoms with Gasteiger partial charge in [-0.1, -0.05) is 11.8 Å². The van der Waals surface area contributed by atoms with E-state index in [1.54, 1.807) is 12.1 Å². The maximum atomic E-state index is 12.9. The van der Waals surface area contributed by atoms with Gasteiger partial charge in [0, 0.05) is 13.4 Å². The van der Waals surface area contributed by atoms with Gasteiger partial charge in [0.15, 0.2) is 0 Å². The third-order valence-corrected chi connectivity index (χ3v) is 4.11. The molecule has 100 valence electrons. The highest BCUT2D eigenvalue weighted by Gasteiger charge is 2.34. The SMILES string of the molecule is Oc1ccc(Sc2ccc(I)cc2)c(C(F)(F)F)c1. The van der Waals surface area contributed by atoms with Crippen LogP contribution in [0.3, 0.4) is 0 Å². The Labute approximate surface area is 126 Å². The quantitative estimate of drug-likeness (QED) is 0.708. The predicted octanol–water partition coefficient (Wildman–Crippen LogP) is 5.17. The van der Waals surface area contributed by atoms with Gasteiger partial charge in [-0.05, 0) is 65.1 Å². The van der Waals surface area contributed by atoms with E-state index < -0.39 is 11.7 Å². The van der Waals surface area contributed by atoms with Crippen LogP contribution in [0.2, 0.25) is 0 Å². The molecule has 0 aliphatic heterocycles. The van der Waals surface area contributed by atoms with Crippen LogP contribution >= 0.6 is 34.4 Å². The number of alkyl halides is 3. The van der Waals surface area contributed by atoms with E-state index in [9.17, 15) is 18.3 Å². The normalized spacial score (nSPS) is 11.6. The zero-order valence-corrected chi connectivity index (χ0v) is 12.4. The summed E-state index contributed by atoms with van der Waals surface area (Å²) < 4.78 is 39.6. The van der Waals surface area contributed by atoms with Crippen molar-refractivity contribution in [3.8, 4) is 5.75 Å². The highest BCUT2D eigenvalue weighted by molar-refractivity contribution is 14.1. The second kappa shape index (κ2) is 5.62. The first kappa shape index (κ1) is 14.5. The molecule has 0 spiro atoms. The number of phenols is 1. The van der Waals surface area contributed by atoms with E-state index in [2.05, 4.69) is 22.6 Å². The topological polar surface area (TPSA) is 20.2 Å². The first-order valence-electron chi connectivity index (χ1n) is 5.20. The molecule has 0 radical (unpaired) electrons. The molecule has 2 rings (SSSR count). The average Bonchev–Trinajstić information content (AvgIpc) is 2.33. The summed E-state index contributed by atoms with van der Waals surface area (Å²) in [5.41, 5.74) is -0.823. The second-order valence-corrected chi connectivity index (χ2v) is 6.10. The minimum Gasteiger partial charge on any atom is -0.508 e. The lowest BCUT2D eigenvalue weighted by Crippen LogP contribution is -2.06. The van der Waals surface area contributed by atoms with Crippen molar-refractivity contribution < 1.29 is 18.3 Å². The molecule has 0 atom stereocenters. The van der Waals surface area contributed by atoms with Crippen LogP contribution in [0, 0.1) is 3.57 Å². The van der Waals surface area contributed by atoms with Crippen LogP contribution in [0.1, 0.15) is 5.56 Å². The van der Waals surface area contributed by atoms with Gasteiger partial charge in [-0.2, -0.15) is 13.2 Å². The summed E-state index contributed by atoms with van der Waals surface area (Å²) in [6, 6.07) is 10.5. The van der Waals surface area contributed by atoms with Gasteiger partial charge < -0.3 is 5.11 Å². The summed E-state index contributed by atoms with van der Waals surface area (Å²) in [6.07, 6.45) is -4.48. The Balaban J connectivity index is 2.37. The van der Waals surface area contributed by atoms with E-state index >= 15 is 0 Å². The van der Waals surface area contributed by atoms with Crippen LogP contribution in [0.4, 0.5) is 13.2 Å². The minimum absolute atomic E-state index is 0.0755. The molecule has 6 heteroatoms. The average molecular weight is 396 g/mol. The van der Waals surface area contributed by atoms with E-state index in [1.807, 2.05) is 12.1 Å². The Morgan fingerprint density at radius 1 is 1.00 bits per heavy atom. The molecule has 19 heavy (non-hydrogen) atoms. The summed E-state index contributed by atoms with van der Waals surface area (Å²) >= 11 is 3.15. The Bertz CT molecular complexity index is 581. The van der Waals surface area contributed by atoms with Crippen molar-refractivity contribution in [2.45, 2.75) is 16.0 Å². The maximum absolute atomic E-state index is 12.9. The highest BCUT2D eigenvalue weighted by Crippen LogP contribution is 2.41. The number of halogens is 4. The van der Waals surface area contributed by atoms with Crippen molar-refractivity contribution in [1.82, 2.24) is 0 Å². The molecular weight excluding hydrogens is 388 g/mol. The van der Waals surface area contributed by atoms with Crippen LogP contribution in [-0.4, -0.2) is 5.11 Å². The maximum Gasteiger partial charge on any atom is 0.417 e. The summed E-state index contributed by atoms with van der Waals surface area (Å²) in [5.74, 6) is -0.390. The van der Waals surface area contributed by atoms with E-state index in [0.717, 1.165) is 26.3 Å². The van der Waals surface area contributed by atoms with Crippen molar-refractivity contribution in [3.63, 3.8) is 0 Å². The fraction of sp³-hybridized carbons (Fsp3) is 0.0769. The first-order chi connectivity index (χ1) is 8.86. The van der Waals surface area contributed by atoms with Gasteiger partial charge in [-0.25, -0.2) is 0 Å². The summed E-state index contributed by atoms with van der Waals surface area (Å²) in [6.45, 7) is 0. The molecule has 0 aliphatic carbocycles. The van der Waals surface area contributed by atoms with Crippen molar-refractivity contribution in [3.05, 3.63) is 51.6 Å². The third kappa shape index (κ3) is 3.79. The summed E-state index contributed by atoms with van der Waals surface area (Å²) in [4.78, 5) is 0.795. The molecule has 0 amide bonds. The van der Waals surface area contributed by atoms with Crippen LogP contribution < -0.4 is 0 Å². The van der Waals surface area contributed by atoms with Crippen LogP contribution in [0.5, 0.6) is 5.75 Å². The monoisotopic (exact) mass is 396 g/mol. The van der Waals surface area contributed by atoms with Gasteiger partial charge in [0.1, 0.15) is 5.75 Å². The van der Waals surface area contributed by atoms with Gasteiger partial charge >= 0.3 is 6.18 Å². The molecule has 0 heterocycles. The molecule has 0 aliphatic rings. The molecule has 0 unspecified atom stereocenters. The van der Waals surface area contributed by atoms with Crippen molar-refractivity contribution in [2.24, 2.45) is 0 Å². The first-order valence-corrected chi connectivity index (χ1v) is 7.09. The number of hydrogen-bond acceptors (Lipinski definition) is 2.